The van der Waals surface area contributed by atoms with Crippen LogP contribution in [-0.4, -0.2) is 5.88 Å². The Hall–Kier alpha value is 0.320. The van der Waals surface area contributed by atoms with Crippen molar-refractivity contribution in [2.75, 3.05) is 5.88 Å². The van der Waals surface area contributed by atoms with Gasteiger partial charge in [0.1, 0.15) is 0 Å². The Morgan fingerprint density at radius 2 is 2.29 bits per heavy atom. The van der Waals surface area contributed by atoms with Gasteiger partial charge in [-0.25, -0.2) is 0 Å². The molecule has 0 saturated carbocycles. The van der Waals surface area contributed by atoms with E-state index in [2.05, 4.69) is 0 Å². The standard InChI is InChI=1S/C5H8Cl2/c1-5(4-7)2-3-6/h4H,2-3H2,1H3. The van der Waals surface area contributed by atoms with Crippen molar-refractivity contribution < 1.29 is 0 Å². The third-order valence-electron chi connectivity index (χ3n) is 0.675. The van der Waals surface area contributed by atoms with E-state index >= 15 is 0 Å². The number of hydrogen-bond donors (Lipinski definition) is 0. The van der Waals surface area contributed by atoms with Crippen LogP contribution in [0.4, 0.5) is 0 Å². The first-order valence-corrected chi connectivity index (χ1v) is 3.10. The number of hydrogen-bond acceptors (Lipinski definition) is 0. The average Bonchev–Trinajstić information content (AvgIpc) is 1.68. The van der Waals surface area contributed by atoms with E-state index in [9.17, 15) is 0 Å². The highest BCUT2D eigenvalue weighted by atomic mass is 35.5. The Balaban J connectivity index is 3.17. The molecule has 0 fully saturated rings. The fraction of sp³-hybridized carbons (Fsp3) is 0.600. The van der Waals surface area contributed by atoms with E-state index in [0.29, 0.717) is 5.88 Å². The molecule has 2 heteroatoms. The fourth-order valence-electron chi connectivity index (χ4n) is 0.204. The molecule has 42 valence electrons. The maximum atomic E-state index is 5.38. The number of alkyl halides is 1. The Bertz CT molecular complexity index is 66.5. The molecule has 0 heterocycles. The summed E-state index contributed by atoms with van der Waals surface area (Å²) in [5.41, 5.74) is 2.69. The molecule has 0 nitrogen and oxygen atoms in total. The highest BCUT2D eigenvalue weighted by Crippen LogP contribution is 2.01. The molecule has 0 bridgehead atoms. The van der Waals surface area contributed by atoms with E-state index in [1.807, 2.05) is 6.92 Å². The Kier molecular flexibility index (Phi) is 4.68. The molecular weight excluding hydrogens is 131 g/mol. The molecular formula is C5H8Cl2. The lowest BCUT2D eigenvalue weighted by atomic mass is 10.3. The minimum atomic E-state index is 0.662. The van der Waals surface area contributed by atoms with Crippen LogP contribution in [0.5, 0.6) is 0 Å². The van der Waals surface area contributed by atoms with E-state index in [-0.39, 0.29) is 0 Å². The molecule has 0 radical (unpaired) electrons. The predicted molar refractivity (Wildman–Crippen MR) is 34.9 cm³/mol. The Labute approximate surface area is 54.1 Å². The fourth-order valence-corrected chi connectivity index (χ4v) is 0.611. The van der Waals surface area contributed by atoms with Crippen LogP contribution < -0.4 is 0 Å². The number of halogens is 2. The third-order valence-corrected chi connectivity index (χ3v) is 1.24. The monoisotopic (exact) mass is 138 g/mol. The van der Waals surface area contributed by atoms with E-state index in [0.717, 1.165) is 12.0 Å². The molecule has 0 aliphatic heterocycles. The van der Waals surface area contributed by atoms with Crippen molar-refractivity contribution in [3.8, 4) is 0 Å². The first-order chi connectivity index (χ1) is 3.31. The smallest absolute Gasteiger partial charge is 0.0260 e. The zero-order valence-electron chi connectivity index (χ0n) is 4.25. The minimum absolute atomic E-state index is 0.662. The maximum Gasteiger partial charge on any atom is 0.0260 e. The molecule has 0 rings (SSSR count). The van der Waals surface area contributed by atoms with Gasteiger partial charge in [0.2, 0.25) is 0 Å². The van der Waals surface area contributed by atoms with Gasteiger partial charge in [0.05, 0.1) is 0 Å². The summed E-state index contributed by atoms with van der Waals surface area (Å²) in [6, 6.07) is 0. The van der Waals surface area contributed by atoms with Crippen LogP contribution in [0.25, 0.3) is 0 Å². The predicted octanol–water partition coefficient (Wildman–Crippen LogP) is 2.76. The Morgan fingerprint density at radius 3 is 2.43 bits per heavy atom. The molecule has 0 atom stereocenters. The van der Waals surface area contributed by atoms with Gasteiger partial charge in [-0.3, -0.25) is 0 Å². The van der Waals surface area contributed by atoms with Gasteiger partial charge in [-0.15, -0.1) is 11.6 Å². The highest BCUT2D eigenvalue weighted by Gasteiger charge is 1.82. The summed E-state index contributed by atoms with van der Waals surface area (Å²) in [5, 5.41) is 0. The third kappa shape index (κ3) is 4.17. The first-order valence-electron chi connectivity index (χ1n) is 2.13. The lowest BCUT2D eigenvalue weighted by Gasteiger charge is -1.88. The van der Waals surface area contributed by atoms with Crippen molar-refractivity contribution in [1.29, 1.82) is 0 Å². The molecule has 0 aromatic carbocycles. The van der Waals surface area contributed by atoms with Crippen molar-refractivity contribution in [2.24, 2.45) is 0 Å². The summed E-state index contributed by atoms with van der Waals surface area (Å²) < 4.78 is 0. The van der Waals surface area contributed by atoms with Crippen LogP contribution in [0.3, 0.4) is 0 Å². The minimum Gasteiger partial charge on any atom is -0.126 e. The summed E-state index contributed by atoms with van der Waals surface area (Å²) in [6.45, 7) is 1.95. The Morgan fingerprint density at radius 1 is 1.71 bits per heavy atom. The zero-order valence-corrected chi connectivity index (χ0v) is 5.76. The second kappa shape index (κ2) is 4.48. The van der Waals surface area contributed by atoms with Gasteiger partial charge < -0.3 is 0 Å². The van der Waals surface area contributed by atoms with Crippen LogP contribution in [0.1, 0.15) is 13.3 Å². The van der Waals surface area contributed by atoms with Crippen molar-refractivity contribution in [3.05, 3.63) is 11.1 Å². The second-order valence-electron chi connectivity index (χ2n) is 1.39. The zero-order chi connectivity index (χ0) is 5.70. The van der Waals surface area contributed by atoms with E-state index < -0.39 is 0 Å². The molecule has 0 saturated heterocycles. The van der Waals surface area contributed by atoms with Crippen molar-refractivity contribution in [2.45, 2.75) is 13.3 Å². The molecule has 0 aliphatic rings. The molecule has 7 heavy (non-hydrogen) atoms. The van der Waals surface area contributed by atoms with Gasteiger partial charge in [-0.2, -0.15) is 0 Å². The van der Waals surface area contributed by atoms with E-state index in [1.54, 1.807) is 5.54 Å². The van der Waals surface area contributed by atoms with Gasteiger partial charge in [-0.1, -0.05) is 17.2 Å². The second-order valence-corrected chi connectivity index (χ2v) is 1.99. The van der Waals surface area contributed by atoms with Gasteiger partial charge in [0, 0.05) is 11.4 Å². The normalized spacial score (nSPS) is 12.1. The average molecular weight is 139 g/mol. The van der Waals surface area contributed by atoms with Crippen LogP contribution >= 0.6 is 23.2 Å². The molecule has 0 unspecified atom stereocenters. The van der Waals surface area contributed by atoms with Crippen LogP contribution in [0.2, 0.25) is 0 Å². The summed E-state index contributed by atoms with van der Waals surface area (Å²) in [7, 11) is 0. The van der Waals surface area contributed by atoms with Gasteiger partial charge in [-0.05, 0) is 13.3 Å². The van der Waals surface area contributed by atoms with Crippen molar-refractivity contribution in [3.63, 3.8) is 0 Å². The van der Waals surface area contributed by atoms with Crippen molar-refractivity contribution >= 4 is 23.2 Å². The topological polar surface area (TPSA) is 0 Å². The molecule has 0 N–H and O–H groups in total. The molecule has 0 aromatic heterocycles. The lowest BCUT2D eigenvalue weighted by molar-refractivity contribution is 1.11. The number of allylic oxidation sites excluding steroid dienone is 1. The van der Waals surface area contributed by atoms with E-state index in [1.165, 1.54) is 0 Å². The van der Waals surface area contributed by atoms with E-state index in [4.69, 9.17) is 23.2 Å². The summed E-state index contributed by atoms with van der Waals surface area (Å²) in [4.78, 5) is 0. The van der Waals surface area contributed by atoms with Gasteiger partial charge >= 0.3 is 0 Å². The number of rotatable bonds is 2. The van der Waals surface area contributed by atoms with Gasteiger partial charge in [0.25, 0.3) is 0 Å². The first kappa shape index (κ1) is 7.32. The summed E-state index contributed by atoms with van der Waals surface area (Å²) in [6.07, 6.45) is 0.894. The largest absolute Gasteiger partial charge is 0.126 e. The molecule has 0 amide bonds. The SMILES string of the molecule is CC(=CCl)CCCl. The van der Waals surface area contributed by atoms with Crippen LogP contribution in [0, 0.1) is 0 Å². The quantitative estimate of drug-likeness (QED) is 0.516. The lowest BCUT2D eigenvalue weighted by Crippen LogP contribution is -1.73. The summed E-state index contributed by atoms with van der Waals surface area (Å²) in [5.74, 6) is 0.662. The van der Waals surface area contributed by atoms with Crippen LogP contribution in [-0.2, 0) is 0 Å². The molecule has 0 aromatic rings. The molecule has 0 spiro atoms. The molecule has 0 aliphatic carbocycles. The van der Waals surface area contributed by atoms with Crippen molar-refractivity contribution in [1.82, 2.24) is 0 Å². The summed E-state index contributed by atoms with van der Waals surface area (Å²) >= 11 is 10.7. The maximum absolute atomic E-state index is 5.38. The van der Waals surface area contributed by atoms with Crippen LogP contribution in [0.15, 0.2) is 11.1 Å². The van der Waals surface area contributed by atoms with Gasteiger partial charge in [0.15, 0.2) is 0 Å². The highest BCUT2D eigenvalue weighted by molar-refractivity contribution is 6.25.